The zero-order chi connectivity index (χ0) is 14.5. The molecule has 2 rings (SSSR count). The molecular formula is C16H14N2O2. The van der Waals surface area contributed by atoms with Crippen LogP contribution in [0.1, 0.15) is 10.4 Å². The van der Waals surface area contributed by atoms with Crippen molar-refractivity contribution in [1.29, 1.82) is 5.26 Å². The number of carbonyl (C=O) groups is 1. The highest BCUT2D eigenvalue weighted by Crippen LogP contribution is 2.31. The molecule has 0 aliphatic heterocycles. The Kier molecular flexibility index (Phi) is 4.02. The fourth-order valence-electron chi connectivity index (χ4n) is 1.99. The minimum atomic E-state index is -0.385. The summed E-state index contributed by atoms with van der Waals surface area (Å²) in [7, 11) is 2.94. The van der Waals surface area contributed by atoms with Gasteiger partial charge in [-0.25, -0.2) is 4.90 Å². The second-order valence-electron chi connectivity index (χ2n) is 4.21. The van der Waals surface area contributed by atoms with E-state index in [1.165, 1.54) is 14.2 Å². The molecule has 4 nitrogen and oxygen atoms in total. The molecule has 2 aromatic rings. The molecule has 0 radical (unpaired) electrons. The van der Waals surface area contributed by atoms with Crippen LogP contribution in [0.15, 0.2) is 48.5 Å². The lowest BCUT2D eigenvalue weighted by Crippen LogP contribution is -2.22. The van der Waals surface area contributed by atoms with E-state index in [9.17, 15) is 4.79 Å². The summed E-state index contributed by atoms with van der Waals surface area (Å²) in [5.41, 5.74) is 2.04. The first kappa shape index (κ1) is 13.6. The largest absolute Gasteiger partial charge is 0.496 e. The van der Waals surface area contributed by atoms with Crippen molar-refractivity contribution in [2.24, 2.45) is 0 Å². The number of nitriles is 1. The maximum Gasteiger partial charge on any atom is 0.271 e. The van der Waals surface area contributed by atoms with E-state index in [0.717, 1.165) is 16.0 Å². The number of amides is 1. The quantitative estimate of drug-likeness (QED) is 0.634. The van der Waals surface area contributed by atoms with Gasteiger partial charge in [-0.05, 0) is 17.2 Å². The number of methoxy groups -OCH3 is 1. The van der Waals surface area contributed by atoms with Gasteiger partial charge in [-0.3, -0.25) is 4.79 Å². The monoisotopic (exact) mass is 266 g/mol. The SMILES string of the molecule is COc1cccc(-c2ccccc2)c1C(=O)N(C)C#N. The van der Waals surface area contributed by atoms with Crippen molar-refractivity contribution >= 4 is 5.91 Å². The molecule has 1 amide bonds. The molecule has 4 heteroatoms. The molecule has 0 aromatic heterocycles. The molecular weight excluding hydrogens is 252 g/mol. The van der Waals surface area contributed by atoms with Crippen molar-refractivity contribution < 1.29 is 9.53 Å². The summed E-state index contributed by atoms with van der Waals surface area (Å²) in [6.45, 7) is 0. The van der Waals surface area contributed by atoms with Crippen molar-refractivity contribution in [3.8, 4) is 23.1 Å². The van der Waals surface area contributed by atoms with Gasteiger partial charge in [-0.15, -0.1) is 0 Å². The van der Waals surface area contributed by atoms with Crippen LogP contribution in [0.25, 0.3) is 11.1 Å². The zero-order valence-electron chi connectivity index (χ0n) is 11.3. The van der Waals surface area contributed by atoms with Gasteiger partial charge >= 0.3 is 0 Å². The topological polar surface area (TPSA) is 53.3 Å². The summed E-state index contributed by atoms with van der Waals surface area (Å²) in [6.07, 6.45) is 1.82. The fourth-order valence-corrected chi connectivity index (χ4v) is 1.99. The maximum absolute atomic E-state index is 12.4. The number of benzene rings is 2. The second-order valence-corrected chi connectivity index (χ2v) is 4.21. The van der Waals surface area contributed by atoms with Crippen LogP contribution >= 0.6 is 0 Å². The Bertz CT molecular complexity index is 660. The lowest BCUT2D eigenvalue weighted by molar-refractivity contribution is 0.0856. The zero-order valence-corrected chi connectivity index (χ0v) is 11.3. The molecule has 0 spiro atoms. The molecule has 0 heterocycles. The molecule has 2 aromatic carbocycles. The van der Waals surface area contributed by atoms with E-state index in [2.05, 4.69) is 0 Å². The number of hydrogen-bond donors (Lipinski definition) is 0. The highest BCUT2D eigenvalue weighted by Gasteiger charge is 2.21. The predicted molar refractivity (Wildman–Crippen MR) is 76.1 cm³/mol. The normalized spacial score (nSPS) is 9.65. The van der Waals surface area contributed by atoms with E-state index in [1.807, 2.05) is 48.7 Å². The van der Waals surface area contributed by atoms with E-state index < -0.39 is 0 Å². The summed E-state index contributed by atoms with van der Waals surface area (Å²) in [6, 6.07) is 14.9. The number of hydrogen-bond acceptors (Lipinski definition) is 3. The molecule has 0 N–H and O–H groups in total. The summed E-state index contributed by atoms with van der Waals surface area (Å²) in [4.78, 5) is 13.4. The van der Waals surface area contributed by atoms with Gasteiger partial charge in [0.1, 0.15) is 5.75 Å². The third-order valence-electron chi connectivity index (χ3n) is 3.00. The van der Waals surface area contributed by atoms with Crippen molar-refractivity contribution in [1.82, 2.24) is 4.90 Å². The van der Waals surface area contributed by atoms with Crippen LogP contribution in [0.5, 0.6) is 5.75 Å². The van der Waals surface area contributed by atoms with Crippen molar-refractivity contribution in [2.75, 3.05) is 14.2 Å². The number of ether oxygens (including phenoxy) is 1. The van der Waals surface area contributed by atoms with Gasteiger partial charge in [0.05, 0.1) is 12.7 Å². The van der Waals surface area contributed by atoms with Crippen LogP contribution in [-0.2, 0) is 0 Å². The Morgan fingerprint density at radius 2 is 1.85 bits per heavy atom. The van der Waals surface area contributed by atoms with E-state index >= 15 is 0 Å². The smallest absolute Gasteiger partial charge is 0.271 e. The summed E-state index contributed by atoms with van der Waals surface area (Å²) >= 11 is 0. The van der Waals surface area contributed by atoms with Crippen molar-refractivity contribution in [3.05, 3.63) is 54.1 Å². The van der Waals surface area contributed by atoms with Gasteiger partial charge in [-0.2, -0.15) is 5.26 Å². The summed E-state index contributed by atoms with van der Waals surface area (Å²) in [5.74, 6) is 0.0715. The first-order valence-corrected chi connectivity index (χ1v) is 6.09. The Labute approximate surface area is 117 Å². The van der Waals surface area contributed by atoms with Gasteiger partial charge in [0, 0.05) is 7.05 Å². The molecule has 0 atom stereocenters. The molecule has 100 valence electrons. The third kappa shape index (κ3) is 2.47. The highest BCUT2D eigenvalue weighted by molar-refractivity contribution is 6.04. The van der Waals surface area contributed by atoms with Gasteiger partial charge < -0.3 is 4.74 Å². The average molecular weight is 266 g/mol. The Balaban J connectivity index is 2.65. The Hall–Kier alpha value is -2.80. The van der Waals surface area contributed by atoms with Crippen molar-refractivity contribution in [3.63, 3.8) is 0 Å². The Morgan fingerprint density at radius 3 is 2.45 bits per heavy atom. The van der Waals surface area contributed by atoms with Gasteiger partial charge in [0.25, 0.3) is 5.91 Å². The third-order valence-corrected chi connectivity index (χ3v) is 3.00. The second kappa shape index (κ2) is 5.89. The molecule has 0 fully saturated rings. The minimum Gasteiger partial charge on any atom is -0.496 e. The predicted octanol–water partition coefficient (Wildman–Crippen LogP) is 2.92. The summed E-state index contributed by atoms with van der Waals surface area (Å²) in [5, 5.41) is 8.91. The molecule has 0 bridgehead atoms. The summed E-state index contributed by atoms with van der Waals surface area (Å²) < 4.78 is 5.27. The van der Waals surface area contributed by atoms with Crippen molar-refractivity contribution in [2.45, 2.75) is 0 Å². The number of carbonyl (C=O) groups excluding carboxylic acids is 1. The molecule has 0 unspecified atom stereocenters. The van der Waals surface area contributed by atoms with Crippen LogP contribution in [0.4, 0.5) is 0 Å². The first-order valence-electron chi connectivity index (χ1n) is 6.09. The fraction of sp³-hybridized carbons (Fsp3) is 0.125. The van der Waals surface area contributed by atoms with Gasteiger partial charge in [0.2, 0.25) is 0 Å². The van der Waals surface area contributed by atoms with E-state index in [-0.39, 0.29) is 5.91 Å². The molecule has 20 heavy (non-hydrogen) atoms. The number of nitrogens with zero attached hydrogens (tertiary/aromatic N) is 2. The van der Waals surface area contributed by atoms with Crippen LogP contribution in [0, 0.1) is 11.5 Å². The van der Waals surface area contributed by atoms with Crippen LogP contribution in [0.3, 0.4) is 0 Å². The van der Waals surface area contributed by atoms with Gasteiger partial charge in [0.15, 0.2) is 6.19 Å². The van der Waals surface area contributed by atoms with Crippen LogP contribution in [0.2, 0.25) is 0 Å². The standard InChI is InChI=1S/C16H14N2O2/c1-18(11-17)16(19)15-13(9-6-10-14(15)20-2)12-7-4-3-5-8-12/h3-10H,1-2H3. The lowest BCUT2D eigenvalue weighted by atomic mass is 9.98. The molecule has 0 saturated heterocycles. The maximum atomic E-state index is 12.4. The van der Waals surface area contributed by atoms with Crippen LogP contribution in [-0.4, -0.2) is 25.0 Å². The van der Waals surface area contributed by atoms with E-state index in [0.29, 0.717) is 11.3 Å². The first-order chi connectivity index (χ1) is 9.69. The molecule has 0 aliphatic rings. The average Bonchev–Trinajstić information content (AvgIpc) is 2.53. The van der Waals surface area contributed by atoms with Crippen LogP contribution < -0.4 is 4.74 Å². The number of rotatable bonds is 3. The molecule has 0 saturated carbocycles. The lowest BCUT2D eigenvalue weighted by Gasteiger charge is -2.15. The van der Waals surface area contributed by atoms with E-state index in [4.69, 9.17) is 10.00 Å². The Morgan fingerprint density at radius 1 is 1.15 bits per heavy atom. The molecule has 0 aliphatic carbocycles. The van der Waals surface area contributed by atoms with E-state index in [1.54, 1.807) is 6.07 Å². The van der Waals surface area contributed by atoms with Gasteiger partial charge in [-0.1, -0.05) is 42.5 Å². The minimum absolute atomic E-state index is 0.385. The highest BCUT2D eigenvalue weighted by atomic mass is 16.5.